The summed E-state index contributed by atoms with van der Waals surface area (Å²) in [6, 6.07) is 9.80. The number of ketones is 1. The van der Waals surface area contributed by atoms with Gasteiger partial charge in [-0.15, -0.1) is 0 Å². The fraction of sp³-hybridized carbons (Fsp3) is 0.333. The zero-order valence-corrected chi connectivity index (χ0v) is 19.2. The first-order chi connectivity index (χ1) is 15.0. The quantitative estimate of drug-likeness (QED) is 0.436. The summed E-state index contributed by atoms with van der Waals surface area (Å²) < 4.78 is 3.57. The zero-order chi connectivity index (χ0) is 21.5. The molecule has 32 heavy (non-hydrogen) atoms. The third-order valence-electron chi connectivity index (χ3n) is 5.79. The molecule has 0 saturated heterocycles. The van der Waals surface area contributed by atoms with Gasteiger partial charge in [-0.05, 0) is 61.1 Å². The Kier molecular flexibility index (Phi) is 6.17. The topological polar surface area (TPSA) is 85.8 Å². The van der Waals surface area contributed by atoms with Gasteiger partial charge in [0.05, 0.1) is 36.3 Å². The minimum Gasteiger partial charge on any atom is -0.391 e. The SMILES string of the molecule is C[C@H](O)Cn1cc(-c2cccc(C(=O)Cc3cc4cnn(C)c4cc3C3CC3)n2)cn1.S. The first kappa shape index (κ1) is 22.2. The van der Waals surface area contributed by atoms with Crippen LogP contribution >= 0.6 is 13.5 Å². The number of carbonyl (C=O) groups excluding carboxylic acids is 1. The Labute approximate surface area is 193 Å². The van der Waals surface area contributed by atoms with Crippen molar-refractivity contribution in [3.05, 3.63) is 65.7 Å². The maximum absolute atomic E-state index is 13.1. The molecular formula is C24H27N5O2S. The lowest BCUT2D eigenvalue weighted by atomic mass is 9.96. The summed E-state index contributed by atoms with van der Waals surface area (Å²) in [5, 5.41) is 19.2. The Hall–Kier alpha value is -2.97. The van der Waals surface area contributed by atoms with Gasteiger partial charge in [0.1, 0.15) is 5.69 Å². The van der Waals surface area contributed by atoms with Gasteiger partial charge in [0.2, 0.25) is 0 Å². The Bertz CT molecular complexity index is 1270. The normalized spacial score (nSPS) is 14.3. The molecule has 0 aliphatic heterocycles. The predicted molar refractivity (Wildman–Crippen MR) is 128 cm³/mol. The highest BCUT2D eigenvalue weighted by molar-refractivity contribution is 7.59. The first-order valence-corrected chi connectivity index (χ1v) is 10.6. The number of hydrogen-bond donors (Lipinski definition) is 1. The largest absolute Gasteiger partial charge is 0.391 e. The van der Waals surface area contributed by atoms with E-state index in [-0.39, 0.29) is 19.3 Å². The van der Waals surface area contributed by atoms with E-state index in [2.05, 4.69) is 27.3 Å². The molecule has 1 aliphatic carbocycles. The van der Waals surface area contributed by atoms with Gasteiger partial charge in [-0.1, -0.05) is 6.07 Å². The molecule has 5 rings (SSSR count). The molecule has 1 fully saturated rings. The molecule has 1 N–H and O–H groups in total. The molecular weight excluding hydrogens is 422 g/mol. The minimum absolute atomic E-state index is 0. The van der Waals surface area contributed by atoms with Crippen molar-refractivity contribution in [2.24, 2.45) is 7.05 Å². The van der Waals surface area contributed by atoms with Gasteiger partial charge in [-0.3, -0.25) is 14.2 Å². The van der Waals surface area contributed by atoms with Crippen molar-refractivity contribution in [1.82, 2.24) is 24.5 Å². The molecule has 3 aromatic heterocycles. The smallest absolute Gasteiger partial charge is 0.185 e. The van der Waals surface area contributed by atoms with Crippen LogP contribution in [0, 0.1) is 0 Å². The van der Waals surface area contributed by atoms with Crippen molar-refractivity contribution < 1.29 is 9.90 Å². The van der Waals surface area contributed by atoms with Gasteiger partial charge in [0.15, 0.2) is 5.78 Å². The highest BCUT2D eigenvalue weighted by atomic mass is 32.1. The molecule has 1 saturated carbocycles. The summed E-state index contributed by atoms with van der Waals surface area (Å²) >= 11 is 0. The molecule has 166 valence electrons. The van der Waals surface area contributed by atoms with Crippen molar-refractivity contribution in [1.29, 1.82) is 0 Å². The number of pyridine rings is 1. The molecule has 1 aromatic carbocycles. The van der Waals surface area contributed by atoms with Crippen LogP contribution in [0.3, 0.4) is 0 Å². The van der Waals surface area contributed by atoms with E-state index >= 15 is 0 Å². The van der Waals surface area contributed by atoms with Gasteiger partial charge < -0.3 is 5.11 Å². The number of aliphatic hydroxyl groups is 1. The molecule has 1 atom stereocenters. The second-order valence-electron chi connectivity index (χ2n) is 8.46. The molecule has 0 radical (unpaired) electrons. The second kappa shape index (κ2) is 8.88. The van der Waals surface area contributed by atoms with Crippen LogP contribution in [0.1, 0.15) is 47.3 Å². The molecule has 0 bridgehead atoms. The van der Waals surface area contributed by atoms with Crippen molar-refractivity contribution in [2.75, 3.05) is 0 Å². The second-order valence-corrected chi connectivity index (χ2v) is 8.46. The molecule has 4 aromatic rings. The summed E-state index contributed by atoms with van der Waals surface area (Å²) in [5.74, 6) is 0.546. The van der Waals surface area contributed by atoms with Crippen molar-refractivity contribution in [2.45, 2.75) is 44.8 Å². The summed E-state index contributed by atoms with van der Waals surface area (Å²) in [7, 11) is 1.95. The van der Waals surface area contributed by atoms with Gasteiger partial charge in [0.25, 0.3) is 0 Å². The predicted octanol–water partition coefficient (Wildman–Crippen LogP) is 3.63. The third-order valence-corrected chi connectivity index (χ3v) is 5.79. The van der Waals surface area contributed by atoms with Crippen LogP contribution in [0.5, 0.6) is 0 Å². The van der Waals surface area contributed by atoms with Crippen molar-refractivity contribution in [3.8, 4) is 11.3 Å². The van der Waals surface area contributed by atoms with Crippen molar-refractivity contribution in [3.63, 3.8) is 0 Å². The maximum atomic E-state index is 13.1. The lowest BCUT2D eigenvalue weighted by Gasteiger charge is -2.10. The van der Waals surface area contributed by atoms with Crippen LogP contribution in [-0.4, -0.2) is 41.5 Å². The highest BCUT2D eigenvalue weighted by Crippen LogP contribution is 2.43. The van der Waals surface area contributed by atoms with E-state index in [1.54, 1.807) is 23.9 Å². The van der Waals surface area contributed by atoms with Gasteiger partial charge in [-0.2, -0.15) is 23.7 Å². The maximum Gasteiger partial charge on any atom is 0.185 e. The Balaban J connectivity index is 0.00000245. The van der Waals surface area contributed by atoms with Gasteiger partial charge >= 0.3 is 0 Å². The molecule has 0 amide bonds. The molecule has 3 heterocycles. The van der Waals surface area contributed by atoms with E-state index in [1.165, 1.54) is 18.4 Å². The molecule has 1 aliphatic rings. The number of hydrogen-bond acceptors (Lipinski definition) is 5. The molecule has 7 nitrogen and oxygen atoms in total. The molecule has 0 unspecified atom stereocenters. The van der Waals surface area contributed by atoms with E-state index in [9.17, 15) is 9.90 Å². The number of nitrogens with zero attached hydrogens (tertiary/aromatic N) is 5. The monoisotopic (exact) mass is 449 g/mol. The van der Waals surface area contributed by atoms with E-state index in [0.29, 0.717) is 30.3 Å². The average molecular weight is 450 g/mol. The van der Waals surface area contributed by atoms with Crippen LogP contribution in [-0.2, 0) is 20.0 Å². The lowest BCUT2D eigenvalue weighted by Crippen LogP contribution is -2.11. The van der Waals surface area contributed by atoms with E-state index in [0.717, 1.165) is 22.0 Å². The number of aliphatic hydroxyl groups excluding tert-OH is 1. The molecule has 8 heteroatoms. The Morgan fingerprint density at radius 2 is 2.03 bits per heavy atom. The summed E-state index contributed by atoms with van der Waals surface area (Å²) in [4.78, 5) is 17.8. The fourth-order valence-corrected chi connectivity index (χ4v) is 4.07. The van der Waals surface area contributed by atoms with Crippen LogP contribution in [0.4, 0.5) is 0 Å². The van der Waals surface area contributed by atoms with Crippen LogP contribution in [0.2, 0.25) is 0 Å². The standard InChI is InChI=1S/C24H25N5O2.H2S/c1-15(30)13-29-14-19(12-26-29)21-4-3-5-22(27-21)24(31)9-17-8-18-11-25-28(2)23(18)10-20(17)16-6-7-16;/h3-5,8,10-12,14-16,30H,6-7,9,13H2,1-2H3;1H2/t15-;/m0./s1. The number of aryl methyl sites for hydroxylation is 1. The van der Waals surface area contributed by atoms with Crippen LogP contribution in [0.25, 0.3) is 22.2 Å². The Morgan fingerprint density at radius 3 is 2.78 bits per heavy atom. The number of rotatable bonds is 7. The summed E-state index contributed by atoms with van der Waals surface area (Å²) in [6.07, 6.45) is 7.60. The van der Waals surface area contributed by atoms with E-state index in [1.807, 2.05) is 36.3 Å². The van der Waals surface area contributed by atoms with Crippen LogP contribution < -0.4 is 0 Å². The third kappa shape index (κ3) is 4.47. The number of fused-ring (bicyclic) bond motifs is 1. The highest BCUT2D eigenvalue weighted by Gasteiger charge is 2.27. The van der Waals surface area contributed by atoms with Gasteiger partial charge in [-0.25, -0.2) is 4.98 Å². The fourth-order valence-electron chi connectivity index (χ4n) is 4.07. The minimum atomic E-state index is -0.480. The Morgan fingerprint density at radius 1 is 1.22 bits per heavy atom. The van der Waals surface area contributed by atoms with E-state index in [4.69, 9.17) is 0 Å². The number of aromatic nitrogens is 5. The number of carbonyl (C=O) groups is 1. The lowest BCUT2D eigenvalue weighted by molar-refractivity contribution is 0.0988. The van der Waals surface area contributed by atoms with Crippen molar-refractivity contribution >= 4 is 30.2 Å². The number of Topliss-reactive ketones (excluding diaryl/α,β-unsaturated/α-hetero) is 1. The van der Waals surface area contributed by atoms with E-state index < -0.39 is 6.10 Å². The van der Waals surface area contributed by atoms with Crippen LogP contribution in [0.15, 0.2) is 48.9 Å². The summed E-state index contributed by atoms with van der Waals surface area (Å²) in [6.45, 7) is 2.14. The average Bonchev–Trinajstić information content (AvgIpc) is 3.39. The summed E-state index contributed by atoms with van der Waals surface area (Å²) in [5.41, 5.74) is 5.42. The zero-order valence-electron chi connectivity index (χ0n) is 18.2. The van der Waals surface area contributed by atoms with Gasteiger partial charge in [0, 0.05) is 30.6 Å². The molecule has 0 spiro atoms. The number of benzene rings is 1. The first-order valence-electron chi connectivity index (χ1n) is 10.6.